The number of nitriles is 1. The van der Waals surface area contributed by atoms with Crippen molar-refractivity contribution < 1.29 is 28.7 Å². The van der Waals surface area contributed by atoms with Gasteiger partial charge in [-0.05, 0) is 106 Å². The first kappa shape index (κ1) is 40.3. The zero-order valence-electron chi connectivity index (χ0n) is 33.6. The third-order valence-corrected chi connectivity index (χ3v) is 12.9. The highest BCUT2D eigenvalue weighted by Crippen LogP contribution is 2.34. The van der Waals surface area contributed by atoms with E-state index in [1.807, 2.05) is 36.9 Å². The third-order valence-electron chi connectivity index (χ3n) is 12.6. The van der Waals surface area contributed by atoms with Gasteiger partial charge in [-0.2, -0.15) is 5.26 Å². The number of fused-ring (bicyclic) bond motifs is 1. The Morgan fingerprint density at radius 1 is 0.831 bits per heavy atom. The van der Waals surface area contributed by atoms with Crippen LogP contribution in [-0.2, 0) is 9.59 Å². The Morgan fingerprint density at radius 3 is 2.22 bits per heavy atom. The number of hydrogen-bond acceptors (Lipinski definition) is 10. The highest BCUT2D eigenvalue weighted by molar-refractivity contribution is 6.31. The Labute approximate surface area is 349 Å². The molecule has 308 valence electrons. The quantitative estimate of drug-likeness (QED) is 0.260. The molecule has 5 amide bonds. The molecule has 14 heteroatoms. The maximum Gasteiger partial charge on any atom is 0.262 e. The zero-order chi connectivity index (χ0) is 41.4. The number of benzene rings is 3. The number of nitrogens with one attached hydrogen (secondary N) is 1. The molecule has 0 aromatic heterocycles. The molecular formula is C45H50ClN7O6. The Morgan fingerprint density at radius 2 is 1.53 bits per heavy atom. The summed E-state index contributed by atoms with van der Waals surface area (Å²) in [5, 5.41) is 11.8. The fraction of sp³-hybridized carbons (Fsp3) is 0.467. The number of anilines is 2. The SMILES string of the molecule is CC(C)(CC1CCCN1C(=O)c1ccc(N2CCN(CC3CCN(c4ccc5c(c4)C(=O)N(C4CCC(=O)NC4=O)C5=O)CC3)CC2)cc1)Oc1ccc(C#N)c(Cl)c1. The molecule has 2 unspecified atom stereocenters. The minimum Gasteiger partial charge on any atom is -0.488 e. The minimum atomic E-state index is -0.971. The highest BCUT2D eigenvalue weighted by Gasteiger charge is 2.45. The molecule has 5 aliphatic heterocycles. The van der Waals surface area contributed by atoms with Crippen LogP contribution in [0.15, 0.2) is 60.7 Å². The van der Waals surface area contributed by atoms with Crippen LogP contribution in [0, 0.1) is 17.2 Å². The van der Waals surface area contributed by atoms with Crippen LogP contribution < -0.4 is 19.9 Å². The molecule has 0 radical (unpaired) electrons. The fourth-order valence-electron chi connectivity index (χ4n) is 9.46. The Kier molecular flexibility index (Phi) is 11.4. The first-order chi connectivity index (χ1) is 28.4. The normalized spacial score (nSPS) is 21.8. The monoisotopic (exact) mass is 819 g/mol. The molecule has 2 atom stereocenters. The van der Waals surface area contributed by atoms with Gasteiger partial charge in [0.05, 0.1) is 21.7 Å². The topological polar surface area (TPSA) is 147 Å². The van der Waals surface area contributed by atoms with Gasteiger partial charge in [-0.3, -0.25) is 39.1 Å². The van der Waals surface area contributed by atoms with E-state index in [9.17, 15) is 29.2 Å². The van der Waals surface area contributed by atoms with Crippen molar-refractivity contribution in [3.05, 3.63) is 87.9 Å². The van der Waals surface area contributed by atoms with Crippen LogP contribution in [0.3, 0.4) is 0 Å². The van der Waals surface area contributed by atoms with Crippen molar-refractivity contribution in [2.24, 2.45) is 5.92 Å². The lowest BCUT2D eigenvalue weighted by Gasteiger charge is -2.40. The van der Waals surface area contributed by atoms with Gasteiger partial charge in [0.2, 0.25) is 11.8 Å². The highest BCUT2D eigenvalue weighted by atomic mass is 35.5. The molecule has 0 bridgehead atoms. The number of amides is 5. The number of hydrogen-bond donors (Lipinski definition) is 1. The molecule has 1 N–H and O–H groups in total. The fourth-order valence-corrected chi connectivity index (χ4v) is 9.67. The molecule has 0 spiro atoms. The molecule has 0 aliphatic carbocycles. The zero-order valence-corrected chi connectivity index (χ0v) is 34.4. The summed E-state index contributed by atoms with van der Waals surface area (Å²) in [4.78, 5) is 74.5. The molecule has 3 aromatic carbocycles. The number of likely N-dealkylation sites (tertiary alicyclic amines) is 1. The van der Waals surface area contributed by atoms with Gasteiger partial charge >= 0.3 is 0 Å². The summed E-state index contributed by atoms with van der Waals surface area (Å²) in [5.41, 5.74) is 3.19. The number of piperidine rings is 2. The Hall–Kier alpha value is -5.45. The van der Waals surface area contributed by atoms with Gasteiger partial charge in [0.25, 0.3) is 17.7 Å². The van der Waals surface area contributed by atoms with Crippen molar-refractivity contribution in [3.63, 3.8) is 0 Å². The molecule has 13 nitrogen and oxygen atoms in total. The lowest BCUT2D eigenvalue weighted by Crippen LogP contribution is -2.54. The number of rotatable bonds is 10. The van der Waals surface area contributed by atoms with Gasteiger partial charge in [-0.15, -0.1) is 0 Å². The van der Waals surface area contributed by atoms with E-state index in [1.165, 1.54) is 0 Å². The molecule has 3 aromatic rings. The number of ether oxygens (including phenoxy) is 1. The number of imide groups is 2. The van der Waals surface area contributed by atoms with Crippen LogP contribution in [0.5, 0.6) is 5.75 Å². The molecule has 5 heterocycles. The molecule has 4 saturated heterocycles. The maximum absolute atomic E-state index is 13.8. The van der Waals surface area contributed by atoms with Crippen LogP contribution in [0.1, 0.15) is 95.4 Å². The van der Waals surface area contributed by atoms with E-state index < -0.39 is 35.3 Å². The van der Waals surface area contributed by atoms with E-state index in [-0.39, 0.29) is 24.8 Å². The molecule has 0 saturated carbocycles. The molecule has 5 aliphatic rings. The van der Waals surface area contributed by atoms with Gasteiger partial charge in [0.15, 0.2) is 0 Å². The summed E-state index contributed by atoms with van der Waals surface area (Å²) in [6, 6.07) is 19.7. The van der Waals surface area contributed by atoms with Crippen LogP contribution in [0.4, 0.5) is 11.4 Å². The van der Waals surface area contributed by atoms with Crippen molar-refractivity contribution >= 4 is 52.5 Å². The minimum absolute atomic E-state index is 0.0447. The summed E-state index contributed by atoms with van der Waals surface area (Å²) in [6.45, 7) is 11.3. The van der Waals surface area contributed by atoms with E-state index in [1.54, 1.807) is 30.3 Å². The van der Waals surface area contributed by atoms with E-state index in [2.05, 4.69) is 38.2 Å². The summed E-state index contributed by atoms with van der Waals surface area (Å²) < 4.78 is 6.29. The largest absolute Gasteiger partial charge is 0.488 e. The predicted molar refractivity (Wildman–Crippen MR) is 223 cm³/mol. The second-order valence-corrected chi connectivity index (χ2v) is 17.5. The maximum atomic E-state index is 13.8. The number of carbonyl (C=O) groups excluding carboxylic acids is 5. The second-order valence-electron chi connectivity index (χ2n) is 17.1. The summed E-state index contributed by atoms with van der Waals surface area (Å²) in [5.74, 6) is -0.755. The van der Waals surface area contributed by atoms with Crippen molar-refractivity contribution in [3.8, 4) is 11.8 Å². The summed E-state index contributed by atoms with van der Waals surface area (Å²) >= 11 is 6.24. The summed E-state index contributed by atoms with van der Waals surface area (Å²) in [6.07, 6.45) is 4.82. The average Bonchev–Trinajstić information content (AvgIpc) is 3.78. The van der Waals surface area contributed by atoms with Crippen molar-refractivity contribution in [1.29, 1.82) is 5.26 Å². The smallest absolute Gasteiger partial charge is 0.262 e. The van der Waals surface area contributed by atoms with Crippen molar-refractivity contribution in [1.82, 2.24) is 20.0 Å². The van der Waals surface area contributed by atoms with Crippen LogP contribution in [0.25, 0.3) is 0 Å². The molecule has 8 rings (SSSR count). The Bertz CT molecular complexity index is 2190. The lowest BCUT2D eigenvalue weighted by atomic mass is 9.95. The lowest BCUT2D eigenvalue weighted by molar-refractivity contribution is -0.136. The Balaban J connectivity index is 0.789. The number of carbonyl (C=O) groups is 5. The van der Waals surface area contributed by atoms with Gasteiger partial charge in [-0.25, -0.2) is 0 Å². The third kappa shape index (κ3) is 8.52. The number of piperazine rings is 1. The van der Waals surface area contributed by atoms with Gasteiger partial charge in [0.1, 0.15) is 23.5 Å². The number of halogens is 1. The van der Waals surface area contributed by atoms with Crippen LogP contribution in [0.2, 0.25) is 5.02 Å². The van der Waals surface area contributed by atoms with E-state index in [0.717, 1.165) is 94.3 Å². The van der Waals surface area contributed by atoms with Gasteiger partial charge in [-0.1, -0.05) is 11.6 Å². The molecular weight excluding hydrogens is 770 g/mol. The predicted octanol–water partition coefficient (Wildman–Crippen LogP) is 5.50. The average molecular weight is 820 g/mol. The van der Waals surface area contributed by atoms with Crippen molar-refractivity contribution in [2.45, 2.75) is 76.5 Å². The van der Waals surface area contributed by atoms with Crippen LogP contribution in [-0.4, -0.2) is 114 Å². The standard InChI is InChI=1S/C45H50ClN7O6/c1-45(2,59-35-11-7-31(27-47)38(46)25-35)26-34-4-3-17-52(34)42(56)30-5-8-32(9-6-30)51-22-20-49(21-23-51)28-29-15-18-50(19-16-29)33-10-12-36-37(24-33)44(58)53(43(36)57)39-13-14-40(54)48-41(39)55/h5-12,24-25,29,34,39H,3-4,13-23,26,28H2,1-2H3,(H,48,54,55). The van der Waals surface area contributed by atoms with Crippen molar-refractivity contribution in [2.75, 3.05) is 62.2 Å². The van der Waals surface area contributed by atoms with Gasteiger partial charge in [0, 0.05) is 94.2 Å². The van der Waals surface area contributed by atoms with E-state index in [4.69, 9.17) is 16.3 Å². The molecule has 4 fully saturated rings. The number of nitrogens with zero attached hydrogens (tertiary/aromatic N) is 6. The summed E-state index contributed by atoms with van der Waals surface area (Å²) in [7, 11) is 0. The second kappa shape index (κ2) is 16.7. The van der Waals surface area contributed by atoms with Crippen LogP contribution >= 0.6 is 11.6 Å². The first-order valence-corrected chi connectivity index (χ1v) is 21.1. The first-order valence-electron chi connectivity index (χ1n) is 20.7. The van der Waals surface area contributed by atoms with E-state index in [0.29, 0.717) is 45.4 Å². The molecule has 59 heavy (non-hydrogen) atoms. The van der Waals surface area contributed by atoms with E-state index >= 15 is 0 Å². The van der Waals surface area contributed by atoms with Gasteiger partial charge < -0.3 is 19.4 Å².